The third-order valence-electron chi connectivity index (χ3n) is 5.45. The van der Waals surface area contributed by atoms with Crippen molar-refractivity contribution in [3.63, 3.8) is 0 Å². The molecule has 1 atom stereocenters. The molecule has 28 heavy (non-hydrogen) atoms. The van der Waals surface area contributed by atoms with Crippen molar-refractivity contribution in [2.75, 3.05) is 19.6 Å². The monoisotopic (exact) mass is 425 g/mol. The van der Waals surface area contributed by atoms with Crippen LogP contribution in [0.2, 0.25) is 10.0 Å². The van der Waals surface area contributed by atoms with Gasteiger partial charge < -0.3 is 15.1 Å². The molecular weight excluding hydrogens is 401 g/mol. The molecule has 1 aromatic rings. The molecule has 0 aliphatic carbocycles. The Kier molecular flexibility index (Phi) is 6.50. The predicted octanol–water partition coefficient (Wildman–Crippen LogP) is 2.97. The lowest BCUT2D eigenvalue weighted by atomic mass is 10.0. The largest absolute Gasteiger partial charge is 0.349 e. The lowest BCUT2D eigenvalue weighted by Gasteiger charge is -2.34. The standard InChI is InChI=1S/C20H25Cl2N3O3/c1-12(2)25-11-14(10-18(25)26)20(28)24-7-5-15(6-8-24)23-19(27)13-3-4-16(21)17(22)9-13/h3-4,9,12,14-15H,5-8,10-11H2,1-2H3,(H,23,27). The molecule has 6 nitrogen and oxygen atoms in total. The molecule has 0 saturated carbocycles. The number of nitrogens with one attached hydrogen (secondary N) is 1. The van der Waals surface area contributed by atoms with Crippen LogP contribution in [0.3, 0.4) is 0 Å². The lowest BCUT2D eigenvalue weighted by Crippen LogP contribution is -2.48. The average molecular weight is 426 g/mol. The molecule has 0 aromatic heterocycles. The summed E-state index contributed by atoms with van der Waals surface area (Å²) in [4.78, 5) is 40.8. The molecule has 8 heteroatoms. The minimum atomic E-state index is -0.253. The fourth-order valence-corrected chi connectivity index (χ4v) is 4.10. The number of rotatable bonds is 4. The van der Waals surface area contributed by atoms with Gasteiger partial charge in [0.2, 0.25) is 11.8 Å². The third-order valence-corrected chi connectivity index (χ3v) is 6.19. The topological polar surface area (TPSA) is 69.7 Å². The summed E-state index contributed by atoms with van der Waals surface area (Å²) in [5.41, 5.74) is 0.464. The maximum absolute atomic E-state index is 12.8. The van der Waals surface area contributed by atoms with Crippen LogP contribution in [0.1, 0.15) is 43.5 Å². The van der Waals surface area contributed by atoms with Crippen LogP contribution in [0.25, 0.3) is 0 Å². The molecule has 1 N–H and O–H groups in total. The maximum atomic E-state index is 12.8. The van der Waals surface area contributed by atoms with Gasteiger partial charge in [0.25, 0.3) is 5.91 Å². The van der Waals surface area contributed by atoms with Crippen LogP contribution in [0, 0.1) is 5.92 Å². The van der Waals surface area contributed by atoms with Crippen LogP contribution in [-0.4, -0.2) is 59.2 Å². The summed E-state index contributed by atoms with van der Waals surface area (Å²) in [6, 6.07) is 4.91. The Hall–Kier alpha value is -1.79. The van der Waals surface area contributed by atoms with Crippen molar-refractivity contribution in [2.24, 2.45) is 5.92 Å². The van der Waals surface area contributed by atoms with E-state index >= 15 is 0 Å². The van der Waals surface area contributed by atoms with E-state index in [0.29, 0.717) is 54.5 Å². The van der Waals surface area contributed by atoms with Crippen molar-refractivity contribution in [3.8, 4) is 0 Å². The van der Waals surface area contributed by atoms with Gasteiger partial charge in [-0.3, -0.25) is 14.4 Å². The van der Waals surface area contributed by atoms with Gasteiger partial charge in [-0.1, -0.05) is 23.2 Å². The summed E-state index contributed by atoms with van der Waals surface area (Å²) in [6.07, 6.45) is 1.67. The first kappa shape index (κ1) is 20.9. The van der Waals surface area contributed by atoms with Crippen LogP contribution < -0.4 is 5.32 Å². The van der Waals surface area contributed by atoms with E-state index in [-0.39, 0.29) is 35.7 Å². The number of hydrogen-bond donors (Lipinski definition) is 1. The number of carbonyl (C=O) groups is 3. The Morgan fingerprint density at radius 3 is 2.39 bits per heavy atom. The molecule has 2 saturated heterocycles. The minimum absolute atomic E-state index is 0.00313. The number of halogens is 2. The number of hydrogen-bond acceptors (Lipinski definition) is 3. The van der Waals surface area contributed by atoms with Gasteiger partial charge in [-0.15, -0.1) is 0 Å². The van der Waals surface area contributed by atoms with Crippen molar-refractivity contribution < 1.29 is 14.4 Å². The summed E-state index contributed by atoms with van der Waals surface area (Å²) in [7, 11) is 0. The van der Waals surface area contributed by atoms with E-state index in [4.69, 9.17) is 23.2 Å². The van der Waals surface area contributed by atoms with E-state index < -0.39 is 0 Å². The summed E-state index contributed by atoms with van der Waals surface area (Å²) in [5, 5.41) is 3.75. The van der Waals surface area contributed by atoms with Crippen LogP contribution in [-0.2, 0) is 9.59 Å². The SMILES string of the molecule is CC(C)N1CC(C(=O)N2CCC(NC(=O)c3ccc(Cl)c(Cl)c3)CC2)CC1=O. The highest BCUT2D eigenvalue weighted by atomic mass is 35.5. The molecule has 2 heterocycles. The Morgan fingerprint density at radius 1 is 1.14 bits per heavy atom. The number of amides is 3. The summed E-state index contributed by atoms with van der Waals surface area (Å²) in [5.74, 6) is -0.350. The zero-order valence-corrected chi connectivity index (χ0v) is 17.6. The summed E-state index contributed by atoms with van der Waals surface area (Å²) < 4.78 is 0. The summed E-state index contributed by atoms with van der Waals surface area (Å²) in [6.45, 7) is 5.60. The second kappa shape index (κ2) is 8.70. The van der Waals surface area contributed by atoms with Crippen molar-refractivity contribution in [1.29, 1.82) is 0 Å². The van der Waals surface area contributed by atoms with Crippen LogP contribution in [0.4, 0.5) is 0 Å². The summed E-state index contributed by atoms with van der Waals surface area (Å²) >= 11 is 11.9. The van der Waals surface area contributed by atoms with Crippen molar-refractivity contribution in [1.82, 2.24) is 15.1 Å². The van der Waals surface area contributed by atoms with Crippen molar-refractivity contribution >= 4 is 40.9 Å². The average Bonchev–Trinajstić information content (AvgIpc) is 3.06. The van der Waals surface area contributed by atoms with E-state index in [1.165, 1.54) is 0 Å². The van der Waals surface area contributed by atoms with Gasteiger partial charge in [0.1, 0.15) is 0 Å². The van der Waals surface area contributed by atoms with E-state index in [9.17, 15) is 14.4 Å². The molecule has 2 aliphatic rings. The second-order valence-corrected chi connectivity index (χ2v) is 8.56. The van der Waals surface area contributed by atoms with Crippen molar-refractivity contribution in [3.05, 3.63) is 33.8 Å². The first-order valence-electron chi connectivity index (χ1n) is 9.60. The normalized spacial score (nSPS) is 20.8. The van der Waals surface area contributed by atoms with Crippen LogP contribution in [0.5, 0.6) is 0 Å². The maximum Gasteiger partial charge on any atom is 0.251 e. The number of benzene rings is 1. The molecule has 3 rings (SSSR count). The molecule has 152 valence electrons. The molecule has 1 aromatic carbocycles. The van der Waals surface area contributed by atoms with E-state index in [1.54, 1.807) is 23.1 Å². The zero-order chi connectivity index (χ0) is 20.4. The smallest absolute Gasteiger partial charge is 0.251 e. The van der Waals surface area contributed by atoms with Gasteiger partial charge in [0.05, 0.1) is 16.0 Å². The van der Waals surface area contributed by atoms with Gasteiger partial charge >= 0.3 is 0 Å². The Bertz CT molecular complexity index is 776. The molecular formula is C20H25Cl2N3O3. The van der Waals surface area contributed by atoms with Crippen molar-refractivity contribution in [2.45, 2.75) is 45.2 Å². The number of nitrogens with zero attached hydrogens (tertiary/aromatic N) is 2. The van der Waals surface area contributed by atoms with Gasteiger partial charge in [0.15, 0.2) is 0 Å². The zero-order valence-electron chi connectivity index (χ0n) is 16.1. The van der Waals surface area contributed by atoms with E-state index in [0.717, 1.165) is 0 Å². The molecule has 0 bridgehead atoms. The van der Waals surface area contributed by atoms with E-state index in [2.05, 4.69) is 5.32 Å². The molecule has 0 spiro atoms. The van der Waals surface area contributed by atoms with Crippen LogP contribution >= 0.6 is 23.2 Å². The highest BCUT2D eigenvalue weighted by Gasteiger charge is 2.38. The van der Waals surface area contributed by atoms with Gasteiger partial charge in [0, 0.05) is 43.7 Å². The van der Waals surface area contributed by atoms with Gasteiger partial charge in [-0.05, 0) is 44.9 Å². The quantitative estimate of drug-likeness (QED) is 0.805. The van der Waals surface area contributed by atoms with E-state index in [1.807, 2.05) is 18.7 Å². The molecule has 1 unspecified atom stereocenters. The first-order chi connectivity index (χ1) is 13.3. The van der Waals surface area contributed by atoms with Gasteiger partial charge in [-0.25, -0.2) is 0 Å². The number of piperidine rings is 1. The highest BCUT2D eigenvalue weighted by molar-refractivity contribution is 6.42. The molecule has 0 radical (unpaired) electrons. The lowest BCUT2D eigenvalue weighted by molar-refractivity contribution is -0.136. The number of likely N-dealkylation sites (tertiary alicyclic amines) is 2. The minimum Gasteiger partial charge on any atom is -0.349 e. The van der Waals surface area contributed by atoms with Crippen LogP contribution in [0.15, 0.2) is 18.2 Å². The molecule has 2 aliphatic heterocycles. The van der Waals surface area contributed by atoms with Gasteiger partial charge in [-0.2, -0.15) is 0 Å². The molecule has 2 fully saturated rings. The Balaban J connectivity index is 1.50. The Labute approximate surface area is 175 Å². The fraction of sp³-hybridized carbons (Fsp3) is 0.550. The molecule has 3 amide bonds. The Morgan fingerprint density at radius 2 is 1.82 bits per heavy atom. The third kappa shape index (κ3) is 4.61. The fourth-order valence-electron chi connectivity index (χ4n) is 3.80. The second-order valence-electron chi connectivity index (χ2n) is 7.74. The first-order valence-corrected chi connectivity index (χ1v) is 10.4. The predicted molar refractivity (Wildman–Crippen MR) is 108 cm³/mol. The number of carbonyl (C=O) groups excluding carboxylic acids is 3. The highest BCUT2D eigenvalue weighted by Crippen LogP contribution is 2.25.